The van der Waals surface area contributed by atoms with Crippen LogP contribution in [0.3, 0.4) is 0 Å². The molecule has 1 unspecified atom stereocenters. The second-order valence-corrected chi connectivity index (χ2v) is 7.37. The van der Waals surface area contributed by atoms with Crippen LogP contribution >= 0.6 is 0 Å². The molecule has 2 N–H and O–H groups in total. The predicted octanol–water partition coefficient (Wildman–Crippen LogP) is 3.71. The Labute approximate surface area is 160 Å². The number of hydrogen-bond acceptors (Lipinski definition) is 3. The number of aromatic nitrogens is 2. The van der Waals surface area contributed by atoms with E-state index in [2.05, 4.69) is 9.88 Å². The Bertz CT molecular complexity index is 893. The number of carbonyl (C=O) groups is 1. The molecule has 2 aliphatic rings. The van der Waals surface area contributed by atoms with Crippen molar-refractivity contribution in [3.05, 3.63) is 59.2 Å². The van der Waals surface area contributed by atoms with E-state index in [0.29, 0.717) is 30.3 Å². The molecule has 0 bridgehead atoms. The molecule has 5 nitrogen and oxygen atoms in total. The van der Waals surface area contributed by atoms with Gasteiger partial charge in [-0.2, -0.15) is 13.2 Å². The van der Waals surface area contributed by atoms with Crippen molar-refractivity contribution in [2.75, 3.05) is 13.1 Å². The van der Waals surface area contributed by atoms with Gasteiger partial charge in [-0.05, 0) is 42.5 Å². The van der Waals surface area contributed by atoms with E-state index in [1.807, 2.05) is 16.7 Å². The van der Waals surface area contributed by atoms with Crippen molar-refractivity contribution in [3.8, 4) is 0 Å². The molecule has 1 saturated heterocycles. The number of benzene rings is 1. The van der Waals surface area contributed by atoms with E-state index >= 15 is 0 Å². The first kappa shape index (κ1) is 18.7. The lowest BCUT2D eigenvalue weighted by atomic mass is 9.88. The van der Waals surface area contributed by atoms with Gasteiger partial charge in [-0.3, -0.25) is 9.69 Å². The number of piperidine rings is 1. The maximum absolute atomic E-state index is 13.3. The minimum absolute atomic E-state index is 0.0646. The molecule has 4 rings (SSSR count). The highest BCUT2D eigenvalue weighted by Gasteiger charge is 2.40. The fourth-order valence-corrected chi connectivity index (χ4v) is 4.16. The summed E-state index contributed by atoms with van der Waals surface area (Å²) in [5, 5.41) is 0. The van der Waals surface area contributed by atoms with Crippen molar-refractivity contribution in [2.24, 2.45) is 5.73 Å². The lowest BCUT2D eigenvalue weighted by molar-refractivity contribution is -0.0973. The summed E-state index contributed by atoms with van der Waals surface area (Å²) in [5.74, 6) is -0.134. The zero-order valence-electron chi connectivity index (χ0n) is 15.2. The maximum Gasteiger partial charge on any atom is 0.412 e. The number of rotatable bonds is 3. The third-order valence-electron chi connectivity index (χ3n) is 5.72. The highest BCUT2D eigenvalue weighted by molar-refractivity contribution is 5.92. The lowest BCUT2D eigenvalue weighted by Gasteiger charge is -2.40. The molecular formula is C20H21F3N4O. The molecule has 0 radical (unpaired) electrons. The summed E-state index contributed by atoms with van der Waals surface area (Å²) in [7, 11) is 0. The number of likely N-dealkylation sites (tertiary alicyclic amines) is 1. The van der Waals surface area contributed by atoms with E-state index in [9.17, 15) is 18.0 Å². The molecule has 1 fully saturated rings. The Morgan fingerprint density at radius 1 is 1.14 bits per heavy atom. The topological polar surface area (TPSA) is 64.2 Å². The highest BCUT2D eigenvalue weighted by atomic mass is 19.4. The summed E-state index contributed by atoms with van der Waals surface area (Å²) in [6.45, 7) is 1.41. The van der Waals surface area contributed by atoms with Crippen LogP contribution in [-0.2, 0) is 0 Å². The van der Waals surface area contributed by atoms with Crippen molar-refractivity contribution in [3.63, 3.8) is 0 Å². The number of primary amides is 1. The number of hydrogen-bond donors (Lipinski definition) is 1. The van der Waals surface area contributed by atoms with Crippen LogP contribution in [0.25, 0.3) is 6.08 Å². The summed E-state index contributed by atoms with van der Waals surface area (Å²) < 4.78 is 41.7. The molecule has 0 saturated carbocycles. The smallest absolute Gasteiger partial charge is 0.366 e. The summed E-state index contributed by atoms with van der Waals surface area (Å²) in [6.07, 6.45) is 1.22. The van der Waals surface area contributed by atoms with Crippen LogP contribution in [0.4, 0.5) is 13.2 Å². The average molecular weight is 390 g/mol. The molecule has 1 amide bonds. The normalized spacial score (nSPS) is 21.2. The SMILES string of the molecule is NC(=O)c1ccc(C2CCN(C3CC(C(F)(F)F)=Cc4cncn43)CC2)cc1. The van der Waals surface area contributed by atoms with E-state index in [4.69, 9.17) is 5.73 Å². The number of nitrogens with zero attached hydrogens (tertiary/aromatic N) is 3. The predicted molar refractivity (Wildman–Crippen MR) is 98.4 cm³/mol. The van der Waals surface area contributed by atoms with Gasteiger partial charge in [0.05, 0.1) is 24.4 Å². The van der Waals surface area contributed by atoms with Gasteiger partial charge in [0.1, 0.15) is 0 Å². The maximum atomic E-state index is 13.3. The molecule has 0 spiro atoms. The monoisotopic (exact) mass is 390 g/mol. The summed E-state index contributed by atoms with van der Waals surface area (Å²) >= 11 is 0. The summed E-state index contributed by atoms with van der Waals surface area (Å²) in [5.41, 5.74) is 6.87. The van der Waals surface area contributed by atoms with Crippen LogP contribution in [0.5, 0.6) is 0 Å². The largest absolute Gasteiger partial charge is 0.412 e. The van der Waals surface area contributed by atoms with Crippen molar-refractivity contribution in [1.82, 2.24) is 14.5 Å². The van der Waals surface area contributed by atoms with Gasteiger partial charge in [-0.25, -0.2) is 4.98 Å². The molecule has 2 aliphatic heterocycles. The van der Waals surface area contributed by atoms with Crippen LogP contribution < -0.4 is 5.73 Å². The Morgan fingerprint density at radius 2 is 1.82 bits per heavy atom. The van der Waals surface area contributed by atoms with Crippen LogP contribution in [0, 0.1) is 0 Å². The van der Waals surface area contributed by atoms with Gasteiger partial charge >= 0.3 is 6.18 Å². The van der Waals surface area contributed by atoms with Gasteiger partial charge in [-0.15, -0.1) is 0 Å². The fourth-order valence-electron chi connectivity index (χ4n) is 4.16. The minimum Gasteiger partial charge on any atom is -0.366 e. The Morgan fingerprint density at radius 3 is 2.43 bits per heavy atom. The number of carbonyl (C=O) groups excluding carboxylic acids is 1. The summed E-state index contributed by atoms with van der Waals surface area (Å²) in [4.78, 5) is 17.4. The van der Waals surface area contributed by atoms with Gasteiger partial charge < -0.3 is 10.3 Å². The van der Waals surface area contributed by atoms with Crippen LogP contribution in [0.1, 0.15) is 53.0 Å². The molecule has 8 heteroatoms. The molecular weight excluding hydrogens is 369 g/mol. The molecule has 1 atom stereocenters. The number of nitrogens with two attached hydrogens (primary N) is 1. The van der Waals surface area contributed by atoms with Crippen molar-refractivity contribution in [2.45, 2.75) is 37.5 Å². The molecule has 148 valence electrons. The number of fused-ring (bicyclic) bond motifs is 1. The fraction of sp³-hybridized carbons (Fsp3) is 0.400. The van der Waals surface area contributed by atoms with E-state index in [1.54, 1.807) is 18.5 Å². The van der Waals surface area contributed by atoms with E-state index in [0.717, 1.165) is 18.4 Å². The lowest BCUT2D eigenvalue weighted by Crippen LogP contribution is -2.41. The third kappa shape index (κ3) is 3.56. The van der Waals surface area contributed by atoms with Gasteiger partial charge in [0, 0.05) is 30.6 Å². The first-order valence-corrected chi connectivity index (χ1v) is 9.26. The van der Waals surface area contributed by atoms with Crippen LogP contribution in [0.15, 0.2) is 42.4 Å². The molecule has 1 aromatic carbocycles. The molecule has 28 heavy (non-hydrogen) atoms. The number of halogens is 3. The molecule has 1 aromatic heterocycles. The van der Waals surface area contributed by atoms with Crippen molar-refractivity contribution >= 4 is 12.0 Å². The second kappa shape index (κ2) is 7.09. The van der Waals surface area contributed by atoms with Crippen molar-refractivity contribution in [1.29, 1.82) is 0 Å². The van der Waals surface area contributed by atoms with Gasteiger partial charge in [0.15, 0.2) is 0 Å². The second-order valence-electron chi connectivity index (χ2n) is 7.37. The minimum atomic E-state index is -4.33. The Kier molecular flexibility index (Phi) is 4.74. The average Bonchev–Trinajstić information content (AvgIpc) is 3.15. The van der Waals surface area contributed by atoms with Gasteiger partial charge in [0.2, 0.25) is 5.91 Å². The zero-order valence-corrected chi connectivity index (χ0v) is 15.2. The number of imidazole rings is 1. The first-order valence-electron chi connectivity index (χ1n) is 9.26. The van der Waals surface area contributed by atoms with E-state index in [1.165, 1.54) is 12.3 Å². The van der Waals surface area contributed by atoms with Crippen LogP contribution in [0.2, 0.25) is 0 Å². The number of alkyl halides is 3. The highest BCUT2D eigenvalue weighted by Crippen LogP contribution is 2.40. The van der Waals surface area contributed by atoms with Crippen LogP contribution in [-0.4, -0.2) is 39.6 Å². The molecule has 2 aromatic rings. The van der Waals surface area contributed by atoms with Gasteiger partial charge in [0.25, 0.3) is 0 Å². The quantitative estimate of drug-likeness (QED) is 0.869. The first-order chi connectivity index (χ1) is 13.3. The van der Waals surface area contributed by atoms with E-state index in [-0.39, 0.29) is 12.6 Å². The number of amides is 1. The van der Waals surface area contributed by atoms with E-state index < -0.39 is 17.7 Å². The molecule has 0 aliphatic carbocycles. The third-order valence-corrected chi connectivity index (χ3v) is 5.72. The van der Waals surface area contributed by atoms with Gasteiger partial charge in [-0.1, -0.05) is 12.1 Å². The Balaban J connectivity index is 1.46. The summed E-state index contributed by atoms with van der Waals surface area (Å²) in [6, 6.07) is 7.28. The molecule has 3 heterocycles. The van der Waals surface area contributed by atoms with Crippen molar-refractivity contribution < 1.29 is 18.0 Å². The Hall–Kier alpha value is -2.61. The standard InChI is InChI=1S/C20H21F3N4O/c21-20(22,23)16-9-17-11-25-12-27(17)18(10-16)26-7-5-14(6-8-26)13-1-3-15(4-2-13)19(24)28/h1-4,9,11-12,14,18H,5-8,10H2,(H2,24,28). The zero-order chi connectivity index (χ0) is 19.9.